The molecule has 2 aliphatic rings. The molecule has 0 amide bonds. The van der Waals surface area contributed by atoms with Crippen LogP contribution in [0.3, 0.4) is 0 Å². The van der Waals surface area contributed by atoms with Gasteiger partial charge in [0.25, 0.3) is 5.56 Å². The van der Waals surface area contributed by atoms with Gasteiger partial charge in [-0.25, -0.2) is 14.5 Å². The van der Waals surface area contributed by atoms with E-state index in [1.807, 2.05) is 74.5 Å². The van der Waals surface area contributed by atoms with E-state index in [0.717, 1.165) is 6.42 Å². The number of hydrogen-bond acceptors (Lipinski definition) is 9. The standard InChI is InChI=1S/C30H37N6O7P/c1-30(2)42-25-23(18-37)41-29(26(25)43-30)36-20-31-24-27(36)32-19-35(28(24)38)16-10-5-11-17-40-44(39,33-21-12-6-3-7-13-21)34-22-14-8-4-9-15-22/h3-4,6-9,12-15,19-20,23,25-26,29,37H,5,10-11,16-18H2,1-2H3,(H2,33,34,39)/t23-,25-,26-,29-/m1/s1. The van der Waals surface area contributed by atoms with Crippen LogP contribution in [0.5, 0.6) is 0 Å². The van der Waals surface area contributed by atoms with E-state index in [4.69, 9.17) is 18.7 Å². The fourth-order valence-corrected chi connectivity index (χ4v) is 7.08. The van der Waals surface area contributed by atoms with Gasteiger partial charge >= 0.3 is 7.67 Å². The first kappa shape index (κ1) is 30.4. The molecule has 0 spiro atoms. The van der Waals surface area contributed by atoms with Crippen LogP contribution >= 0.6 is 7.67 Å². The van der Waals surface area contributed by atoms with Gasteiger partial charge in [-0.15, -0.1) is 0 Å². The molecule has 0 bridgehead atoms. The number of aliphatic hydroxyl groups excluding tert-OH is 1. The zero-order valence-electron chi connectivity index (χ0n) is 24.6. The third-order valence-corrected chi connectivity index (χ3v) is 9.20. The van der Waals surface area contributed by atoms with E-state index in [1.165, 1.54) is 17.2 Å². The number of fused-ring (bicyclic) bond motifs is 2. The first-order valence-corrected chi connectivity index (χ1v) is 16.3. The van der Waals surface area contributed by atoms with Crippen LogP contribution in [0.2, 0.25) is 0 Å². The summed E-state index contributed by atoms with van der Waals surface area (Å²) in [6, 6.07) is 18.5. The van der Waals surface area contributed by atoms with Crippen LogP contribution in [0.25, 0.3) is 11.2 Å². The third kappa shape index (κ3) is 6.58. The molecule has 0 radical (unpaired) electrons. The quantitative estimate of drug-likeness (QED) is 0.142. The predicted molar refractivity (Wildman–Crippen MR) is 164 cm³/mol. The lowest BCUT2D eigenvalue weighted by Crippen LogP contribution is -2.31. The van der Waals surface area contributed by atoms with E-state index in [1.54, 1.807) is 4.57 Å². The molecule has 2 aliphatic heterocycles. The minimum atomic E-state index is -3.45. The summed E-state index contributed by atoms with van der Waals surface area (Å²) in [5.74, 6) is -0.819. The lowest BCUT2D eigenvalue weighted by atomic mass is 10.1. The predicted octanol–water partition coefficient (Wildman–Crippen LogP) is 4.52. The van der Waals surface area contributed by atoms with E-state index in [0.29, 0.717) is 36.4 Å². The first-order valence-electron chi connectivity index (χ1n) is 14.7. The molecule has 44 heavy (non-hydrogen) atoms. The number of aliphatic hydroxyl groups is 1. The second-order valence-corrected chi connectivity index (χ2v) is 13.1. The van der Waals surface area contributed by atoms with Crippen LogP contribution < -0.4 is 15.7 Å². The Labute approximate surface area is 254 Å². The van der Waals surface area contributed by atoms with Crippen molar-refractivity contribution in [1.29, 1.82) is 0 Å². The molecule has 6 rings (SSSR count). The molecule has 2 saturated heterocycles. The third-order valence-electron chi connectivity index (χ3n) is 7.55. The van der Waals surface area contributed by atoms with Gasteiger partial charge in [0.05, 0.1) is 19.5 Å². The first-order chi connectivity index (χ1) is 21.3. The molecule has 4 atom stereocenters. The molecule has 2 aromatic heterocycles. The second kappa shape index (κ2) is 12.8. The average Bonchev–Trinajstić information content (AvgIpc) is 3.67. The van der Waals surface area contributed by atoms with Crippen molar-refractivity contribution in [3.63, 3.8) is 0 Å². The summed E-state index contributed by atoms with van der Waals surface area (Å²) in [5.41, 5.74) is 1.71. The minimum Gasteiger partial charge on any atom is -0.394 e. The molecule has 4 heterocycles. The summed E-state index contributed by atoms with van der Waals surface area (Å²) in [6.07, 6.45) is 2.96. The van der Waals surface area contributed by atoms with Crippen LogP contribution in [0.1, 0.15) is 39.3 Å². The van der Waals surface area contributed by atoms with Crippen LogP contribution in [0.4, 0.5) is 11.4 Å². The van der Waals surface area contributed by atoms with Crippen molar-refractivity contribution in [1.82, 2.24) is 19.1 Å². The van der Waals surface area contributed by atoms with Gasteiger partial charge in [0.2, 0.25) is 0 Å². The molecule has 14 heteroatoms. The number of rotatable bonds is 13. The van der Waals surface area contributed by atoms with E-state index < -0.39 is 38.0 Å². The Morgan fingerprint density at radius 1 is 0.932 bits per heavy atom. The Morgan fingerprint density at radius 2 is 1.59 bits per heavy atom. The van der Waals surface area contributed by atoms with Gasteiger partial charge < -0.3 is 19.3 Å². The van der Waals surface area contributed by atoms with Crippen LogP contribution in [0, 0.1) is 0 Å². The summed E-state index contributed by atoms with van der Waals surface area (Å²) >= 11 is 0. The molecule has 3 N–H and O–H groups in total. The molecule has 13 nitrogen and oxygen atoms in total. The number of imidazole rings is 1. The second-order valence-electron chi connectivity index (χ2n) is 11.3. The van der Waals surface area contributed by atoms with Crippen LogP contribution in [-0.4, -0.2) is 61.5 Å². The number of para-hydroxylation sites is 2. The largest absolute Gasteiger partial charge is 0.394 e. The van der Waals surface area contributed by atoms with Gasteiger partial charge in [0.1, 0.15) is 24.6 Å². The Kier molecular flexibility index (Phi) is 8.86. The lowest BCUT2D eigenvalue weighted by Gasteiger charge is -2.24. The number of aryl methyl sites for hydroxylation is 1. The maximum Gasteiger partial charge on any atom is 0.391 e. The summed E-state index contributed by atoms with van der Waals surface area (Å²) in [6.45, 7) is 4.11. The number of ether oxygens (including phenoxy) is 3. The number of unbranched alkanes of at least 4 members (excludes halogenated alkanes) is 2. The SMILES string of the molecule is CC1(C)O[C@@H]2[C@H](O1)[C@@H](CO)O[C@H]2n1cnc2c(=O)n(CCCCCOP(=O)(Nc3ccccc3)Nc3ccccc3)cnc21. The topological polar surface area (TPSA) is 151 Å². The smallest absolute Gasteiger partial charge is 0.391 e. The Hall–Kier alpha value is -3.58. The van der Waals surface area contributed by atoms with Crippen LogP contribution in [0.15, 0.2) is 78.1 Å². The molecule has 234 valence electrons. The number of benzene rings is 2. The van der Waals surface area contributed by atoms with E-state index in [2.05, 4.69) is 20.1 Å². The number of aromatic nitrogens is 4. The Bertz CT molecular complexity index is 1620. The van der Waals surface area contributed by atoms with Gasteiger partial charge in [-0.1, -0.05) is 36.4 Å². The zero-order valence-corrected chi connectivity index (χ0v) is 25.5. The molecular weight excluding hydrogens is 587 g/mol. The van der Waals surface area contributed by atoms with Crippen molar-refractivity contribution in [2.75, 3.05) is 23.4 Å². The van der Waals surface area contributed by atoms with E-state index >= 15 is 0 Å². The molecular formula is C30H37N6O7P. The van der Waals surface area contributed by atoms with E-state index in [9.17, 15) is 14.5 Å². The van der Waals surface area contributed by atoms with Gasteiger partial charge in [0, 0.05) is 17.9 Å². The summed E-state index contributed by atoms with van der Waals surface area (Å²) in [4.78, 5) is 22.1. The molecule has 4 aromatic rings. The highest BCUT2D eigenvalue weighted by molar-refractivity contribution is 7.62. The average molecular weight is 625 g/mol. The fourth-order valence-electron chi connectivity index (χ4n) is 5.53. The lowest BCUT2D eigenvalue weighted by molar-refractivity contribution is -0.199. The molecule has 0 unspecified atom stereocenters. The van der Waals surface area contributed by atoms with Crippen molar-refractivity contribution in [2.24, 2.45) is 0 Å². The van der Waals surface area contributed by atoms with Gasteiger partial charge in [-0.2, -0.15) is 0 Å². The van der Waals surface area contributed by atoms with Crippen molar-refractivity contribution >= 4 is 30.2 Å². The maximum atomic E-state index is 13.7. The normalized spacial score (nSPS) is 22.7. The monoisotopic (exact) mass is 624 g/mol. The summed E-state index contributed by atoms with van der Waals surface area (Å²) < 4.78 is 40.8. The minimum absolute atomic E-state index is 0.223. The van der Waals surface area contributed by atoms with Crippen molar-refractivity contribution < 1.29 is 28.4 Å². The van der Waals surface area contributed by atoms with Crippen molar-refractivity contribution in [2.45, 2.75) is 70.0 Å². The highest BCUT2D eigenvalue weighted by Gasteiger charge is 2.56. The summed E-state index contributed by atoms with van der Waals surface area (Å²) in [5, 5.41) is 15.8. The maximum absolute atomic E-state index is 13.7. The fraction of sp³-hybridized carbons (Fsp3) is 0.433. The molecule has 0 saturated carbocycles. The Balaban J connectivity index is 1.05. The van der Waals surface area contributed by atoms with E-state index in [-0.39, 0.29) is 24.3 Å². The number of hydrogen-bond donors (Lipinski definition) is 3. The van der Waals surface area contributed by atoms with Gasteiger partial charge in [-0.3, -0.25) is 28.6 Å². The van der Waals surface area contributed by atoms with Gasteiger partial charge in [-0.05, 0) is 57.4 Å². The highest BCUT2D eigenvalue weighted by Crippen LogP contribution is 2.47. The van der Waals surface area contributed by atoms with Gasteiger partial charge in [0.15, 0.2) is 23.2 Å². The van der Waals surface area contributed by atoms with Crippen molar-refractivity contribution in [3.8, 4) is 0 Å². The molecule has 0 aliphatic carbocycles. The van der Waals surface area contributed by atoms with Crippen LogP contribution in [-0.2, 0) is 29.8 Å². The number of anilines is 2. The molecule has 2 aromatic carbocycles. The van der Waals surface area contributed by atoms with Crippen molar-refractivity contribution in [3.05, 3.63) is 83.7 Å². The number of nitrogens with zero attached hydrogens (tertiary/aromatic N) is 4. The zero-order chi connectivity index (χ0) is 30.7. The highest BCUT2D eigenvalue weighted by atomic mass is 31.2. The number of nitrogens with one attached hydrogen (secondary N) is 2. The summed E-state index contributed by atoms with van der Waals surface area (Å²) in [7, 11) is -3.45. The Morgan fingerprint density at radius 3 is 2.25 bits per heavy atom. The molecule has 2 fully saturated rings.